The summed E-state index contributed by atoms with van der Waals surface area (Å²) in [7, 11) is -0.922. The number of aromatic hydroxyl groups is 1. The Labute approximate surface area is 87.5 Å². The largest absolute Gasteiger partial charge is 0.508 e. The highest BCUT2D eigenvalue weighted by Crippen LogP contribution is 2.56. The molecule has 1 nitrogen and oxygen atoms in total. The molecule has 0 heterocycles. The van der Waals surface area contributed by atoms with Crippen LogP contribution in [-0.2, 0) is 0 Å². The maximum absolute atomic E-state index is 9.25. The second-order valence-electron chi connectivity index (χ2n) is 3.61. The Hall–Kier alpha value is -0.550. The Morgan fingerprint density at radius 3 is 1.71 bits per heavy atom. The summed E-state index contributed by atoms with van der Waals surface area (Å²) >= 11 is 0. The van der Waals surface area contributed by atoms with Crippen molar-refractivity contribution in [1.82, 2.24) is 0 Å². The molecule has 0 amide bonds. The van der Waals surface area contributed by atoms with Crippen LogP contribution in [0, 0.1) is 0 Å². The molecule has 0 aromatic heterocycles. The third-order valence-corrected chi connectivity index (χ3v) is 8.24. The van der Waals surface area contributed by atoms with E-state index in [0.717, 1.165) is 0 Å². The summed E-state index contributed by atoms with van der Waals surface area (Å²) in [5, 5.41) is 10.7. The van der Waals surface area contributed by atoms with Gasteiger partial charge in [-0.3, -0.25) is 0 Å². The van der Waals surface area contributed by atoms with Crippen LogP contribution in [0.3, 0.4) is 0 Å². The van der Waals surface area contributed by atoms with Crippen LogP contribution in [0.1, 0.15) is 20.8 Å². The fraction of sp³-hybridized carbons (Fsp3) is 0.500. The quantitative estimate of drug-likeness (QED) is 0.759. The summed E-state index contributed by atoms with van der Waals surface area (Å²) in [6.45, 7) is 6.86. The molecule has 2 heteroatoms. The van der Waals surface area contributed by atoms with E-state index in [1.54, 1.807) is 0 Å². The van der Waals surface area contributed by atoms with Gasteiger partial charge >= 0.3 is 0 Å². The number of hydrogen-bond donors (Lipinski definition) is 1. The van der Waals surface area contributed by atoms with Crippen LogP contribution in [0.25, 0.3) is 0 Å². The normalized spacial score (nSPS) is 11.6. The Morgan fingerprint density at radius 2 is 1.36 bits per heavy atom. The molecule has 0 bridgehead atoms. The minimum absolute atomic E-state index is 0.371. The van der Waals surface area contributed by atoms with E-state index in [4.69, 9.17) is 0 Å². The smallest absolute Gasteiger partial charge is 0.115 e. The van der Waals surface area contributed by atoms with Crippen molar-refractivity contribution in [1.29, 1.82) is 0 Å². The summed E-state index contributed by atoms with van der Waals surface area (Å²) in [5.74, 6) is 0.371. The van der Waals surface area contributed by atoms with Crippen molar-refractivity contribution in [3.63, 3.8) is 0 Å². The molecule has 0 aliphatic rings. The lowest BCUT2D eigenvalue weighted by atomic mass is 10.3. The second kappa shape index (κ2) is 4.79. The van der Waals surface area contributed by atoms with Gasteiger partial charge < -0.3 is 5.11 Å². The predicted molar refractivity (Wildman–Crippen MR) is 66.3 cm³/mol. The molecule has 0 fully saturated rings. The molecule has 0 spiro atoms. The summed E-state index contributed by atoms with van der Waals surface area (Å²) in [4.78, 5) is 0. The summed E-state index contributed by atoms with van der Waals surface area (Å²) in [5.41, 5.74) is 0. The zero-order valence-corrected chi connectivity index (χ0v) is 10.2. The van der Waals surface area contributed by atoms with Gasteiger partial charge in [-0.1, -0.05) is 0 Å². The monoisotopic (exact) mass is 211 g/mol. The maximum atomic E-state index is 9.25. The van der Waals surface area contributed by atoms with E-state index in [0.29, 0.717) is 5.75 Å². The molecule has 0 aliphatic carbocycles. The third-order valence-electron chi connectivity index (χ3n) is 3.21. The van der Waals surface area contributed by atoms with Crippen LogP contribution < -0.4 is 5.30 Å². The molecule has 14 heavy (non-hydrogen) atoms. The van der Waals surface area contributed by atoms with Crippen LogP contribution in [0.2, 0.25) is 0 Å². The minimum Gasteiger partial charge on any atom is -0.508 e. The lowest BCUT2D eigenvalue weighted by Crippen LogP contribution is -2.17. The number of hydrogen-bond acceptors (Lipinski definition) is 1. The second-order valence-corrected chi connectivity index (χ2v) is 8.31. The molecule has 0 aliphatic heterocycles. The molecular formula is C12H20OP+. The van der Waals surface area contributed by atoms with E-state index in [-0.39, 0.29) is 0 Å². The minimum atomic E-state index is -0.922. The first-order valence-corrected chi connectivity index (χ1v) is 7.68. The highest BCUT2D eigenvalue weighted by molar-refractivity contribution is 7.82. The topological polar surface area (TPSA) is 20.2 Å². The number of phenols is 1. The molecule has 1 aromatic rings. The van der Waals surface area contributed by atoms with E-state index in [1.807, 2.05) is 12.1 Å². The van der Waals surface area contributed by atoms with Crippen molar-refractivity contribution >= 4 is 12.6 Å². The van der Waals surface area contributed by atoms with Crippen molar-refractivity contribution in [2.75, 3.05) is 18.5 Å². The van der Waals surface area contributed by atoms with Gasteiger partial charge in [0.2, 0.25) is 0 Å². The first-order valence-electron chi connectivity index (χ1n) is 5.34. The Bertz CT molecular complexity index is 267. The Morgan fingerprint density at radius 1 is 0.929 bits per heavy atom. The molecule has 0 radical (unpaired) electrons. The molecule has 1 aromatic carbocycles. The molecule has 1 N–H and O–H groups in total. The van der Waals surface area contributed by atoms with Crippen molar-refractivity contribution in [2.45, 2.75) is 20.8 Å². The number of rotatable bonds is 4. The van der Waals surface area contributed by atoms with Crippen LogP contribution in [0.5, 0.6) is 5.75 Å². The predicted octanol–water partition coefficient (Wildman–Crippen LogP) is 3.09. The van der Waals surface area contributed by atoms with Crippen LogP contribution in [-0.4, -0.2) is 23.6 Å². The number of phenolic OH excluding ortho intramolecular Hbond substituents is 1. The van der Waals surface area contributed by atoms with Crippen molar-refractivity contribution < 1.29 is 5.11 Å². The van der Waals surface area contributed by atoms with Gasteiger partial charge in [-0.2, -0.15) is 0 Å². The molecule has 78 valence electrons. The fourth-order valence-corrected chi connectivity index (χ4v) is 5.21. The van der Waals surface area contributed by atoms with Crippen LogP contribution in [0.4, 0.5) is 0 Å². The van der Waals surface area contributed by atoms with E-state index in [9.17, 15) is 5.11 Å². The van der Waals surface area contributed by atoms with E-state index in [2.05, 4.69) is 32.9 Å². The van der Waals surface area contributed by atoms with E-state index in [1.165, 1.54) is 23.8 Å². The SMILES string of the molecule is CC[P+](CC)(CC)c1ccc(O)cc1. The molecule has 1 rings (SSSR count). The molecule has 0 saturated carbocycles. The summed E-state index contributed by atoms with van der Waals surface area (Å²) in [6, 6.07) is 7.81. The Kier molecular flexibility index (Phi) is 3.95. The first kappa shape index (κ1) is 11.5. The van der Waals surface area contributed by atoms with E-state index >= 15 is 0 Å². The third kappa shape index (κ3) is 2.09. The highest BCUT2D eigenvalue weighted by Gasteiger charge is 2.33. The molecule has 0 unspecified atom stereocenters. The Balaban J connectivity index is 3.05. The summed E-state index contributed by atoms with van der Waals surface area (Å²) in [6.07, 6.45) is 3.81. The average Bonchev–Trinajstić information content (AvgIpc) is 2.24. The molecule has 0 atom stereocenters. The molecular weight excluding hydrogens is 191 g/mol. The van der Waals surface area contributed by atoms with Gasteiger partial charge in [0.15, 0.2) is 0 Å². The van der Waals surface area contributed by atoms with Gasteiger partial charge in [-0.15, -0.1) is 0 Å². The fourth-order valence-electron chi connectivity index (χ4n) is 1.99. The van der Waals surface area contributed by atoms with Gasteiger partial charge in [-0.05, 0) is 45.0 Å². The highest BCUT2D eigenvalue weighted by atomic mass is 31.2. The maximum Gasteiger partial charge on any atom is 0.115 e. The van der Waals surface area contributed by atoms with Gasteiger partial charge in [0, 0.05) is 7.26 Å². The van der Waals surface area contributed by atoms with Crippen LogP contribution >= 0.6 is 7.26 Å². The van der Waals surface area contributed by atoms with Crippen molar-refractivity contribution in [2.24, 2.45) is 0 Å². The number of benzene rings is 1. The van der Waals surface area contributed by atoms with Gasteiger partial charge in [0.1, 0.15) is 5.75 Å². The summed E-state index contributed by atoms with van der Waals surface area (Å²) < 4.78 is 0. The average molecular weight is 211 g/mol. The zero-order valence-electron chi connectivity index (χ0n) is 9.33. The van der Waals surface area contributed by atoms with Gasteiger partial charge in [-0.25, -0.2) is 0 Å². The molecule has 0 saturated heterocycles. The van der Waals surface area contributed by atoms with Gasteiger partial charge in [0.05, 0.1) is 23.8 Å². The first-order chi connectivity index (χ1) is 6.68. The zero-order chi connectivity index (χ0) is 10.6. The van der Waals surface area contributed by atoms with Crippen molar-refractivity contribution in [3.05, 3.63) is 24.3 Å². The van der Waals surface area contributed by atoms with Crippen molar-refractivity contribution in [3.8, 4) is 5.75 Å². The van der Waals surface area contributed by atoms with E-state index < -0.39 is 7.26 Å². The lowest BCUT2D eigenvalue weighted by molar-refractivity contribution is 0.475. The lowest BCUT2D eigenvalue weighted by Gasteiger charge is -2.23. The van der Waals surface area contributed by atoms with Gasteiger partial charge in [0.25, 0.3) is 0 Å². The van der Waals surface area contributed by atoms with Crippen LogP contribution in [0.15, 0.2) is 24.3 Å². The standard InChI is InChI=1S/C12H19OP/c1-4-14(5-2,6-3)12-9-7-11(13)8-10-12/h7-10H,4-6H2,1-3H3/p+1.